The summed E-state index contributed by atoms with van der Waals surface area (Å²) in [6, 6.07) is 13.7. The fourth-order valence-electron chi connectivity index (χ4n) is 9.01. The summed E-state index contributed by atoms with van der Waals surface area (Å²) >= 11 is 0. The van der Waals surface area contributed by atoms with Gasteiger partial charge in [-0.1, -0.05) is 86.6 Å². The van der Waals surface area contributed by atoms with Crippen LogP contribution in [-0.4, -0.2) is 99.4 Å². The van der Waals surface area contributed by atoms with Crippen molar-refractivity contribution in [2.45, 2.75) is 140 Å². The van der Waals surface area contributed by atoms with Crippen LogP contribution in [0.3, 0.4) is 0 Å². The second-order valence-corrected chi connectivity index (χ2v) is 18.8. The molecule has 370 valence electrons. The maximum Gasteiger partial charge on any atom is 0.394 e. The summed E-state index contributed by atoms with van der Waals surface area (Å²) in [5.74, 6) is 3.53. The highest BCUT2D eigenvalue weighted by molar-refractivity contribution is 5.50. The van der Waals surface area contributed by atoms with E-state index in [0.29, 0.717) is 41.0 Å². The third kappa shape index (κ3) is 15.9. The molecule has 3 aliphatic heterocycles. The number of phenolic OH excluding ortho intramolecular Hbond substituents is 1. The molecule has 6 rings (SSSR count). The summed E-state index contributed by atoms with van der Waals surface area (Å²) in [5.41, 5.74) is 5.60. The fourth-order valence-corrected chi connectivity index (χ4v) is 9.01. The van der Waals surface area contributed by atoms with Crippen molar-refractivity contribution in [3.8, 4) is 28.7 Å². The van der Waals surface area contributed by atoms with Gasteiger partial charge in [-0.25, -0.2) is 4.39 Å². The number of piperidine rings is 1. The Bertz CT molecular complexity index is 1870. The number of alkyl halides is 4. The van der Waals surface area contributed by atoms with E-state index in [-0.39, 0.29) is 19.0 Å². The first kappa shape index (κ1) is 57.4. The van der Waals surface area contributed by atoms with Crippen molar-refractivity contribution in [2.24, 2.45) is 23.2 Å². The summed E-state index contributed by atoms with van der Waals surface area (Å²) in [5, 5.41) is 9.75. The number of rotatable bonds is 12. The van der Waals surface area contributed by atoms with Gasteiger partial charge in [0.05, 0.1) is 34.4 Å². The smallest absolute Gasteiger partial charge is 0.394 e. The lowest BCUT2D eigenvalue weighted by atomic mass is 9.84. The molecule has 3 aromatic carbocycles. The minimum Gasteiger partial charge on any atom is -0.508 e. The Hall–Kier alpha value is -3.74. The minimum absolute atomic E-state index is 0.0533. The quantitative estimate of drug-likeness (QED) is 0.180. The molecule has 2 unspecified atom stereocenters. The third-order valence-corrected chi connectivity index (χ3v) is 13.1. The molecule has 3 fully saturated rings. The number of hydrogen-bond donors (Lipinski definition) is 1. The molecule has 0 aliphatic carbocycles. The van der Waals surface area contributed by atoms with Crippen molar-refractivity contribution in [2.75, 3.05) is 67.7 Å². The molecule has 0 amide bonds. The van der Waals surface area contributed by atoms with E-state index in [1.807, 2.05) is 65.8 Å². The van der Waals surface area contributed by atoms with Crippen molar-refractivity contribution >= 4 is 0 Å². The van der Waals surface area contributed by atoms with Gasteiger partial charge in [-0.2, -0.15) is 13.2 Å². The molecule has 1 N–H and O–H groups in total. The van der Waals surface area contributed by atoms with E-state index in [4.69, 9.17) is 18.9 Å². The van der Waals surface area contributed by atoms with E-state index in [2.05, 4.69) is 56.6 Å². The second-order valence-electron chi connectivity index (χ2n) is 18.8. The molecular weight excluding hydrogens is 835 g/mol. The number of ether oxygens (including phenoxy) is 4. The van der Waals surface area contributed by atoms with Gasteiger partial charge in [0, 0.05) is 86.1 Å². The maximum atomic E-state index is 14.3. The molecule has 12 heteroatoms. The molecular formula is C53H85F4N3O5. The highest BCUT2D eigenvalue weighted by Crippen LogP contribution is 2.40. The van der Waals surface area contributed by atoms with Crippen LogP contribution in [0, 0.1) is 37.0 Å². The number of phenols is 1. The molecule has 0 bridgehead atoms. The Kier molecular flexibility index (Phi) is 22.9. The topological polar surface area (TPSA) is 66.9 Å². The van der Waals surface area contributed by atoms with Gasteiger partial charge in [-0.15, -0.1) is 0 Å². The zero-order valence-corrected chi connectivity index (χ0v) is 43.1. The second kappa shape index (κ2) is 26.0. The first-order valence-electron chi connectivity index (χ1n) is 23.7. The number of halogens is 4. The lowest BCUT2D eigenvalue weighted by molar-refractivity contribution is -0.210. The standard InChI is InChI=1S/C19H30FNO.C16H25NO2.C14H18F3NO2.2C2H6/c1-14(2)18-15(8-6-10-17(18)22-5)12-21-11-7-9-16(13-21)19(3,4)20;1-11-8-17(10-16(11,3)4)9-13-6-7-14(18)12(2)15(13)19-5;1-9-12(19-2)5-4-10(13(9)20-3)6-18-7-11(8-18)14(15,16)17;2*1-2/h6,8,10,14,16H,7,9,11-13H2,1-5H3;6-7,11,18H,8-10H2,1-5H3;4-5,11H,6-8H2,1-3H3;2*1-2H3. The predicted octanol–water partition coefficient (Wildman–Crippen LogP) is 13.0. The molecule has 0 radical (unpaired) electrons. The van der Waals surface area contributed by atoms with Crippen LogP contribution in [-0.2, 0) is 19.6 Å². The van der Waals surface area contributed by atoms with Crippen LogP contribution in [0.4, 0.5) is 17.6 Å². The first-order chi connectivity index (χ1) is 30.5. The summed E-state index contributed by atoms with van der Waals surface area (Å²) in [6.45, 7) is 33.0. The molecule has 0 spiro atoms. The lowest BCUT2D eigenvalue weighted by Gasteiger charge is -2.40. The molecule has 3 heterocycles. The molecule has 3 saturated heterocycles. The van der Waals surface area contributed by atoms with Crippen molar-refractivity contribution in [3.05, 3.63) is 75.8 Å². The van der Waals surface area contributed by atoms with Gasteiger partial charge in [0.1, 0.15) is 34.4 Å². The molecule has 2 atom stereocenters. The van der Waals surface area contributed by atoms with Gasteiger partial charge in [-0.3, -0.25) is 14.7 Å². The maximum absolute atomic E-state index is 14.3. The summed E-state index contributed by atoms with van der Waals surface area (Å²) in [4.78, 5) is 6.64. The number of benzene rings is 3. The largest absolute Gasteiger partial charge is 0.508 e. The van der Waals surface area contributed by atoms with E-state index >= 15 is 0 Å². The molecule has 3 aromatic rings. The van der Waals surface area contributed by atoms with Gasteiger partial charge in [0.2, 0.25) is 0 Å². The van der Waals surface area contributed by atoms with Crippen LogP contribution < -0.4 is 18.9 Å². The average Bonchev–Trinajstić information content (AvgIpc) is 3.51. The van der Waals surface area contributed by atoms with Gasteiger partial charge in [0.25, 0.3) is 0 Å². The number of nitrogens with zero attached hydrogens (tertiary/aromatic N) is 3. The number of aromatic hydroxyl groups is 1. The van der Waals surface area contributed by atoms with Crippen molar-refractivity contribution in [1.82, 2.24) is 14.7 Å². The molecule has 65 heavy (non-hydrogen) atoms. The Morgan fingerprint density at radius 2 is 1.20 bits per heavy atom. The number of hydrogen-bond acceptors (Lipinski definition) is 8. The van der Waals surface area contributed by atoms with Crippen LogP contribution in [0.5, 0.6) is 28.7 Å². The van der Waals surface area contributed by atoms with Crippen molar-refractivity contribution in [3.63, 3.8) is 0 Å². The Labute approximate surface area is 391 Å². The highest BCUT2D eigenvalue weighted by atomic mass is 19.4. The zero-order valence-electron chi connectivity index (χ0n) is 43.1. The van der Waals surface area contributed by atoms with Gasteiger partial charge in [-0.05, 0) is 88.1 Å². The Morgan fingerprint density at radius 3 is 1.69 bits per heavy atom. The highest BCUT2D eigenvalue weighted by Gasteiger charge is 2.47. The molecule has 0 aromatic heterocycles. The summed E-state index contributed by atoms with van der Waals surface area (Å²) < 4.78 is 73.2. The van der Waals surface area contributed by atoms with Crippen LogP contribution >= 0.6 is 0 Å². The van der Waals surface area contributed by atoms with E-state index < -0.39 is 17.8 Å². The monoisotopic (exact) mass is 920 g/mol. The molecule has 8 nitrogen and oxygen atoms in total. The minimum atomic E-state index is -4.09. The van der Waals surface area contributed by atoms with Crippen molar-refractivity contribution in [1.29, 1.82) is 0 Å². The Balaban J connectivity index is 0.000000323. The summed E-state index contributed by atoms with van der Waals surface area (Å²) in [6.07, 6.45) is -2.01. The van der Waals surface area contributed by atoms with Gasteiger partial charge >= 0.3 is 6.18 Å². The first-order valence-corrected chi connectivity index (χ1v) is 23.7. The SMILES string of the molecule is CC.CC.COc1c(CN2CC(C)C(C)(C)C2)ccc(O)c1C.COc1ccc(CN2CC(C(F)(F)F)C2)c(OC)c1C.COc1cccc(CN2CCCC(C(C)(C)F)C2)c1C(C)C. The van der Waals surface area contributed by atoms with E-state index in [1.54, 1.807) is 53.3 Å². The Morgan fingerprint density at radius 1 is 0.677 bits per heavy atom. The van der Waals surface area contributed by atoms with E-state index in [9.17, 15) is 22.7 Å². The van der Waals surface area contributed by atoms with Crippen LogP contribution in [0.1, 0.15) is 128 Å². The molecule has 0 saturated carbocycles. The normalized spacial score (nSPS) is 18.9. The van der Waals surface area contributed by atoms with Crippen molar-refractivity contribution < 1.29 is 41.6 Å². The predicted molar refractivity (Wildman–Crippen MR) is 260 cm³/mol. The average molecular weight is 920 g/mol. The third-order valence-electron chi connectivity index (χ3n) is 13.1. The number of likely N-dealkylation sites (tertiary alicyclic amines) is 3. The zero-order chi connectivity index (χ0) is 49.4. The van der Waals surface area contributed by atoms with Gasteiger partial charge < -0.3 is 24.1 Å². The lowest BCUT2D eigenvalue weighted by Crippen LogP contribution is -2.52. The van der Waals surface area contributed by atoms with Gasteiger partial charge in [0.15, 0.2) is 0 Å². The van der Waals surface area contributed by atoms with E-state index in [1.165, 1.54) is 11.1 Å². The fraction of sp³-hybridized carbons (Fsp3) is 0.660. The van der Waals surface area contributed by atoms with E-state index in [0.717, 1.165) is 85.9 Å². The molecule has 3 aliphatic rings. The van der Waals surface area contributed by atoms with Crippen LogP contribution in [0.25, 0.3) is 0 Å². The number of methoxy groups -OCH3 is 4. The van der Waals surface area contributed by atoms with Crippen LogP contribution in [0.15, 0.2) is 42.5 Å². The summed E-state index contributed by atoms with van der Waals surface area (Å²) in [7, 11) is 6.53. The van der Waals surface area contributed by atoms with Crippen LogP contribution in [0.2, 0.25) is 0 Å².